The highest BCUT2D eigenvalue weighted by molar-refractivity contribution is 6.23. The summed E-state index contributed by atoms with van der Waals surface area (Å²) in [6, 6.07) is 2.92. The number of aliphatic hydroxyl groups is 1. The van der Waals surface area contributed by atoms with Gasteiger partial charge in [-0.15, -0.1) is 0 Å². The van der Waals surface area contributed by atoms with Crippen molar-refractivity contribution in [3.8, 4) is 0 Å². The standard InChI is InChI=1S/C15H15N3O5.C5H11NO2/c16-8-1-2-9-10(7-8)14(22)18(13(9)21)11-3-4-12(20)17(5-6-19)15(11)23;1-3-6-4(2)5(7)8/h1-2,7,11,19H,3-6,16H2;4,6H,3H2,1-2H3,(H,7,8)/t;4-/m.0/s1. The molecule has 0 aromatic heterocycles. The third-order valence-electron chi connectivity index (χ3n) is 4.94. The Balaban J connectivity index is 0.000000366. The van der Waals surface area contributed by atoms with E-state index in [2.05, 4.69) is 5.32 Å². The molecule has 0 spiro atoms. The fourth-order valence-electron chi connectivity index (χ4n) is 3.35. The first-order valence-electron chi connectivity index (χ1n) is 9.82. The van der Waals surface area contributed by atoms with Crippen LogP contribution in [0.4, 0.5) is 5.69 Å². The minimum absolute atomic E-state index is 0.0337. The van der Waals surface area contributed by atoms with Gasteiger partial charge in [0.2, 0.25) is 5.91 Å². The number of nitrogens with zero attached hydrogens (tertiary/aromatic N) is 2. The number of fused-ring (bicyclic) bond motifs is 1. The van der Waals surface area contributed by atoms with Crippen molar-refractivity contribution in [3.05, 3.63) is 29.3 Å². The Kier molecular flexibility index (Phi) is 7.83. The first-order valence-corrected chi connectivity index (χ1v) is 9.82. The van der Waals surface area contributed by atoms with Crippen LogP contribution in [0.2, 0.25) is 0 Å². The van der Waals surface area contributed by atoms with E-state index in [1.807, 2.05) is 6.92 Å². The van der Waals surface area contributed by atoms with Crippen molar-refractivity contribution in [2.75, 3.05) is 25.4 Å². The molecule has 1 saturated heterocycles. The van der Waals surface area contributed by atoms with E-state index in [1.54, 1.807) is 6.92 Å². The van der Waals surface area contributed by atoms with Crippen molar-refractivity contribution < 1.29 is 34.2 Å². The summed E-state index contributed by atoms with van der Waals surface area (Å²) in [5.74, 6) is -3.01. The average Bonchev–Trinajstić information content (AvgIpc) is 2.96. The summed E-state index contributed by atoms with van der Waals surface area (Å²) in [4.78, 5) is 61.0. The molecule has 5 N–H and O–H groups in total. The number of amides is 4. The molecule has 0 radical (unpaired) electrons. The van der Waals surface area contributed by atoms with Gasteiger partial charge in [0.05, 0.1) is 24.3 Å². The van der Waals surface area contributed by atoms with Crippen LogP contribution in [0, 0.1) is 0 Å². The van der Waals surface area contributed by atoms with Gasteiger partial charge in [-0.3, -0.25) is 33.8 Å². The zero-order valence-corrected chi connectivity index (χ0v) is 17.3. The van der Waals surface area contributed by atoms with Crippen molar-refractivity contribution in [2.45, 2.75) is 38.8 Å². The third kappa shape index (κ3) is 5.06. The van der Waals surface area contributed by atoms with Crippen molar-refractivity contribution in [1.29, 1.82) is 0 Å². The summed E-state index contributed by atoms with van der Waals surface area (Å²) < 4.78 is 0. The zero-order valence-electron chi connectivity index (χ0n) is 17.3. The first-order chi connectivity index (χ1) is 14.6. The number of anilines is 1. The van der Waals surface area contributed by atoms with Crippen molar-refractivity contribution in [2.24, 2.45) is 0 Å². The lowest BCUT2D eigenvalue weighted by Crippen LogP contribution is -2.56. The van der Waals surface area contributed by atoms with Gasteiger partial charge in [0.1, 0.15) is 12.1 Å². The first kappa shape index (κ1) is 24.0. The van der Waals surface area contributed by atoms with Crippen LogP contribution in [-0.2, 0) is 14.4 Å². The molecule has 1 unspecified atom stereocenters. The fraction of sp³-hybridized carbons (Fsp3) is 0.450. The van der Waals surface area contributed by atoms with E-state index >= 15 is 0 Å². The highest BCUT2D eigenvalue weighted by atomic mass is 16.4. The molecule has 31 heavy (non-hydrogen) atoms. The van der Waals surface area contributed by atoms with Crippen LogP contribution < -0.4 is 11.1 Å². The number of β-amino-alcohol motifs (C(OH)–C–C–N with tert-alkyl or cyclic N) is 1. The average molecular weight is 434 g/mol. The minimum atomic E-state index is -1.03. The maximum Gasteiger partial charge on any atom is 0.320 e. The minimum Gasteiger partial charge on any atom is -0.480 e. The molecule has 11 nitrogen and oxygen atoms in total. The number of nitrogen functional groups attached to an aromatic ring is 1. The highest BCUT2D eigenvalue weighted by Gasteiger charge is 2.46. The second-order valence-corrected chi connectivity index (χ2v) is 7.06. The lowest BCUT2D eigenvalue weighted by molar-refractivity contribution is -0.152. The van der Waals surface area contributed by atoms with E-state index in [4.69, 9.17) is 15.9 Å². The van der Waals surface area contributed by atoms with E-state index in [0.29, 0.717) is 12.2 Å². The molecule has 1 fully saturated rings. The Bertz CT molecular complexity index is 902. The second-order valence-electron chi connectivity index (χ2n) is 7.06. The number of piperidine rings is 1. The van der Waals surface area contributed by atoms with E-state index in [1.165, 1.54) is 18.2 Å². The van der Waals surface area contributed by atoms with Gasteiger partial charge in [-0.25, -0.2) is 0 Å². The molecule has 1 aromatic rings. The van der Waals surface area contributed by atoms with Gasteiger partial charge >= 0.3 is 5.97 Å². The SMILES string of the molecule is CCN[C@@H](C)C(=O)O.Nc1ccc2c(c1)C(=O)N(C1CCC(=O)N(CCO)C1=O)C2=O. The number of benzene rings is 1. The normalized spacial score (nSPS) is 19.1. The topological polar surface area (TPSA) is 170 Å². The molecule has 0 aliphatic carbocycles. The molecule has 11 heteroatoms. The summed E-state index contributed by atoms with van der Waals surface area (Å²) in [7, 11) is 0. The number of aliphatic carboxylic acids is 1. The lowest BCUT2D eigenvalue weighted by Gasteiger charge is -2.34. The number of nitrogens with one attached hydrogen (secondary N) is 1. The number of carbonyl (C=O) groups is 5. The number of carbonyl (C=O) groups excluding carboxylic acids is 4. The van der Waals surface area contributed by atoms with Gasteiger partial charge in [0.25, 0.3) is 17.7 Å². The molecule has 3 rings (SSSR count). The van der Waals surface area contributed by atoms with Crippen LogP contribution in [-0.4, -0.2) is 81.4 Å². The number of hydrogen-bond donors (Lipinski definition) is 4. The maximum atomic E-state index is 12.5. The predicted molar refractivity (Wildman–Crippen MR) is 109 cm³/mol. The Morgan fingerprint density at radius 2 is 1.87 bits per heavy atom. The summed E-state index contributed by atoms with van der Waals surface area (Å²) in [6.45, 7) is 3.67. The van der Waals surface area contributed by atoms with Gasteiger partial charge in [-0.1, -0.05) is 6.92 Å². The van der Waals surface area contributed by atoms with Crippen molar-refractivity contribution >= 4 is 35.3 Å². The van der Waals surface area contributed by atoms with Gasteiger partial charge in [0, 0.05) is 12.1 Å². The number of nitrogens with two attached hydrogens (primary N) is 1. The quantitative estimate of drug-likeness (QED) is 0.338. The van der Waals surface area contributed by atoms with Crippen LogP contribution in [0.5, 0.6) is 0 Å². The molecule has 0 saturated carbocycles. The van der Waals surface area contributed by atoms with Gasteiger partial charge in [0.15, 0.2) is 0 Å². The smallest absolute Gasteiger partial charge is 0.320 e. The van der Waals surface area contributed by atoms with E-state index in [9.17, 15) is 24.0 Å². The van der Waals surface area contributed by atoms with Crippen LogP contribution >= 0.6 is 0 Å². The predicted octanol–water partition coefficient (Wildman–Crippen LogP) is -0.556. The molecule has 2 aliphatic rings. The molecule has 2 aliphatic heterocycles. The number of imide groups is 2. The van der Waals surface area contributed by atoms with Crippen molar-refractivity contribution in [1.82, 2.24) is 15.1 Å². The van der Waals surface area contributed by atoms with Crippen LogP contribution in [0.25, 0.3) is 0 Å². The molecule has 0 bridgehead atoms. The van der Waals surface area contributed by atoms with Gasteiger partial charge < -0.3 is 21.3 Å². The van der Waals surface area contributed by atoms with Crippen LogP contribution in [0.15, 0.2) is 18.2 Å². The summed E-state index contributed by atoms with van der Waals surface area (Å²) in [5.41, 5.74) is 6.34. The van der Waals surface area contributed by atoms with Crippen molar-refractivity contribution in [3.63, 3.8) is 0 Å². The molecule has 4 amide bonds. The number of carboxylic acids is 1. The summed E-state index contributed by atoms with van der Waals surface area (Å²) in [6.07, 6.45) is 0.118. The number of hydrogen-bond acceptors (Lipinski definition) is 8. The Morgan fingerprint density at radius 1 is 1.23 bits per heavy atom. The largest absolute Gasteiger partial charge is 0.480 e. The molecule has 168 valence electrons. The number of likely N-dealkylation sites (tertiary alicyclic amines) is 1. The molecular weight excluding hydrogens is 408 g/mol. The second kappa shape index (κ2) is 10.1. The Hall–Kier alpha value is -3.31. The fourth-order valence-corrected chi connectivity index (χ4v) is 3.35. The Morgan fingerprint density at radius 3 is 2.42 bits per heavy atom. The molecule has 2 atom stereocenters. The number of likely N-dealkylation sites (N-methyl/N-ethyl adjacent to an activating group) is 1. The maximum absolute atomic E-state index is 12.5. The third-order valence-corrected chi connectivity index (χ3v) is 4.94. The number of carboxylic acid groups (broad SMARTS) is 1. The molecular formula is C20H26N4O7. The van der Waals surface area contributed by atoms with E-state index in [-0.39, 0.29) is 37.1 Å². The number of rotatable bonds is 6. The number of aliphatic hydroxyl groups excluding tert-OH is 1. The van der Waals surface area contributed by atoms with E-state index in [0.717, 1.165) is 9.80 Å². The monoisotopic (exact) mass is 434 g/mol. The summed E-state index contributed by atoms with van der Waals surface area (Å²) >= 11 is 0. The van der Waals surface area contributed by atoms with Crippen LogP contribution in [0.3, 0.4) is 0 Å². The molecule has 1 aromatic carbocycles. The van der Waals surface area contributed by atoms with Crippen LogP contribution in [0.1, 0.15) is 47.4 Å². The van der Waals surface area contributed by atoms with Gasteiger partial charge in [-0.05, 0) is 38.1 Å². The zero-order chi connectivity index (χ0) is 23.3. The Labute approximate surface area is 178 Å². The lowest BCUT2D eigenvalue weighted by atomic mass is 10.0. The van der Waals surface area contributed by atoms with Gasteiger partial charge in [-0.2, -0.15) is 0 Å². The molecule has 2 heterocycles. The van der Waals surface area contributed by atoms with E-state index < -0.39 is 41.7 Å². The summed E-state index contributed by atoms with van der Waals surface area (Å²) in [5, 5.41) is 20.0. The highest BCUT2D eigenvalue weighted by Crippen LogP contribution is 2.30.